The van der Waals surface area contributed by atoms with Gasteiger partial charge in [0, 0.05) is 18.2 Å². The first-order valence-electron chi connectivity index (χ1n) is 7.83. The summed E-state index contributed by atoms with van der Waals surface area (Å²) in [6.07, 6.45) is 2.83. The van der Waals surface area contributed by atoms with Crippen LogP contribution < -0.4 is 9.46 Å². The molecule has 23 heavy (non-hydrogen) atoms. The fourth-order valence-corrected chi connectivity index (χ4v) is 3.80. The fourth-order valence-electron chi connectivity index (χ4n) is 2.76. The van der Waals surface area contributed by atoms with Crippen LogP contribution in [0.25, 0.3) is 0 Å². The number of rotatable bonds is 6. The quantitative estimate of drug-likeness (QED) is 0.850. The lowest BCUT2D eigenvalue weighted by atomic mass is 10.0. The first-order chi connectivity index (χ1) is 11.0. The summed E-state index contributed by atoms with van der Waals surface area (Å²) in [6, 6.07) is 6.68. The molecule has 0 spiro atoms. The predicted molar refractivity (Wildman–Crippen MR) is 88.4 cm³/mol. The maximum atomic E-state index is 12.5. The molecule has 1 aromatic heterocycles. The van der Waals surface area contributed by atoms with E-state index < -0.39 is 10.0 Å². The summed E-state index contributed by atoms with van der Waals surface area (Å²) in [7, 11) is -3.65. The Morgan fingerprint density at radius 3 is 3.00 bits per heavy atom. The third kappa shape index (κ3) is 3.34. The summed E-state index contributed by atoms with van der Waals surface area (Å²) in [5.41, 5.74) is 1.86. The second-order valence-corrected chi connectivity index (χ2v) is 7.55. The fraction of sp³-hybridized carbons (Fsp3) is 0.438. The number of H-pyrrole nitrogens is 1. The summed E-state index contributed by atoms with van der Waals surface area (Å²) in [6.45, 7) is 4.81. The van der Waals surface area contributed by atoms with E-state index in [1.165, 1.54) is 0 Å². The van der Waals surface area contributed by atoms with E-state index in [1.807, 2.05) is 0 Å². The van der Waals surface area contributed by atoms with Gasteiger partial charge < -0.3 is 4.74 Å². The van der Waals surface area contributed by atoms with Gasteiger partial charge in [-0.2, -0.15) is 5.10 Å². The van der Waals surface area contributed by atoms with E-state index >= 15 is 0 Å². The average molecular weight is 335 g/mol. The summed E-state index contributed by atoms with van der Waals surface area (Å²) >= 11 is 0. The topological polar surface area (TPSA) is 84.1 Å². The van der Waals surface area contributed by atoms with Crippen LogP contribution in [0, 0.1) is 0 Å². The van der Waals surface area contributed by atoms with Gasteiger partial charge in [-0.05, 0) is 36.1 Å². The molecule has 1 atom stereocenters. The molecule has 1 unspecified atom stereocenters. The maximum absolute atomic E-state index is 12.5. The number of benzene rings is 1. The lowest BCUT2D eigenvalue weighted by molar-refractivity contribution is 0.356. The highest BCUT2D eigenvalue weighted by Crippen LogP contribution is 2.28. The van der Waals surface area contributed by atoms with Gasteiger partial charge in [-0.25, -0.2) is 8.42 Å². The van der Waals surface area contributed by atoms with Gasteiger partial charge in [0.25, 0.3) is 10.0 Å². The molecule has 0 aliphatic carbocycles. The van der Waals surface area contributed by atoms with Crippen LogP contribution in [-0.4, -0.2) is 25.2 Å². The van der Waals surface area contributed by atoms with E-state index in [2.05, 4.69) is 28.8 Å². The van der Waals surface area contributed by atoms with Gasteiger partial charge in [-0.3, -0.25) is 9.82 Å². The molecule has 7 heteroatoms. The highest BCUT2D eigenvalue weighted by atomic mass is 32.2. The molecule has 0 radical (unpaired) electrons. The predicted octanol–water partition coefficient (Wildman–Crippen LogP) is 3.05. The second kappa shape index (κ2) is 6.23. The van der Waals surface area contributed by atoms with E-state index in [0.29, 0.717) is 18.3 Å². The van der Waals surface area contributed by atoms with Crippen molar-refractivity contribution in [2.24, 2.45) is 0 Å². The lowest BCUT2D eigenvalue weighted by Gasteiger charge is -2.07. The number of nitrogens with one attached hydrogen (secondary N) is 2. The van der Waals surface area contributed by atoms with Gasteiger partial charge in [-0.15, -0.1) is 0 Å². The number of aromatic nitrogens is 2. The number of aromatic amines is 1. The Morgan fingerprint density at radius 1 is 1.39 bits per heavy atom. The van der Waals surface area contributed by atoms with Gasteiger partial charge in [0.1, 0.15) is 5.75 Å². The van der Waals surface area contributed by atoms with Crippen molar-refractivity contribution in [1.29, 1.82) is 0 Å². The summed E-state index contributed by atoms with van der Waals surface area (Å²) in [5, 5.41) is 6.97. The molecule has 2 aromatic rings. The zero-order chi connectivity index (χ0) is 16.4. The number of ether oxygens (including phenoxy) is 1. The number of hydrogen-bond donors (Lipinski definition) is 2. The van der Waals surface area contributed by atoms with Crippen molar-refractivity contribution in [3.8, 4) is 5.75 Å². The number of anilines is 1. The zero-order valence-corrected chi connectivity index (χ0v) is 14.1. The van der Waals surface area contributed by atoms with Crippen LogP contribution in [0.15, 0.2) is 29.2 Å². The van der Waals surface area contributed by atoms with Crippen LogP contribution in [0.5, 0.6) is 5.75 Å². The smallest absolute Gasteiger partial charge is 0.263 e. The van der Waals surface area contributed by atoms with E-state index in [0.717, 1.165) is 36.3 Å². The summed E-state index contributed by atoms with van der Waals surface area (Å²) in [5.74, 6) is 1.40. The Labute approximate surface area is 136 Å². The van der Waals surface area contributed by atoms with Crippen LogP contribution in [0.2, 0.25) is 0 Å². The van der Waals surface area contributed by atoms with E-state index in [-0.39, 0.29) is 4.90 Å². The SMILES string of the molecule is CCCC(C)c1cc(NS(=O)(=O)c2ccc3c(c2)CCO3)n[nH]1. The standard InChI is InChI=1S/C16H21N3O3S/c1-3-4-11(2)14-10-16(18-17-14)19-23(20,21)13-5-6-15-12(9-13)7-8-22-15/h5-6,9-11H,3-4,7-8H2,1-2H3,(H2,17,18,19). The number of sulfonamides is 1. The average Bonchev–Trinajstić information content (AvgIpc) is 3.15. The molecular formula is C16H21N3O3S. The van der Waals surface area contributed by atoms with Crippen LogP contribution in [-0.2, 0) is 16.4 Å². The molecule has 0 fully saturated rings. The monoisotopic (exact) mass is 335 g/mol. The minimum absolute atomic E-state index is 0.230. The van der Waals surface area contributed by atoms with Crippen LogP contribution in [0.4, 0.5) is 5.82 Å². The van der Waals surface area contributed by atoms with Crippen molar-refractivity contribution in [1.82, 2.24) is 10.2 Å². The molecule has 2 N–H and O–H groups in total. The van der Waals surface area contributed by atoms with Crippen molar-refractivity contribution in [2.75, 3.05) is 11.3 Å². The first-order valence-corrected chi connectivity index (χ1v) is 9.32. The lowest BCUT2D eigenvalue weighted by Crippen LogP contribution is -2.13. The van der Waals surface area contributed by atoms with Gasteiger partial charge in [0.05, 0.1) is 11.5 Å². The molecule has 0 bridgehead atoms. The Balaban J connectivity index is 1.79. The Kier molecular flexibility index (Phi) is 4.30. The number of hydrogen-bond acceptors (Lipinski definition) is 4. The van der Waals surface area contributed by atoms with Crippen molar-refractivity contribution in [3.05, 3.63) is 35.5 Å². The van der Waals surface area contributed by atoms with Crippen molar-refractivity contribution in [3.63, 3.8) is 0 Å². The third-order valence-electron chi connectivity index (χ3n) is 4.06. The molecule has 0 saturated carbocycles. The van der Waals surface area contributed by atoms with Gasteiger partial charge in [-0.1, -0.05) is 20.3 Å². The van der Waals surface area contributed by atoms with Crippen molar-refractivity contribution in [2.45, 2.75) is 43.9 Å². The molecule has 1 aliphatic rings. The summed E-state index contributed by atoms with van der Waals surface area (Å²) in [4.78, 5) is 0.230. The molecule has 6 nitrogen and oxygen atoms in total. The highest BCUT2D eigenvalue weighted by Gasteiger charge is 2.20. The largest absolute Gasteiger partial charge is 0.493 e. The van der Waals surface area contributed by atoms with E-state index in [4.69, 9.17) is 4.74 Å². The number of fused-ring (bicyclic) bond motifs is 1. The van der Waals surface area contributed by atoms with Crippen molar-refractivity contribution >= 4 is 15.8 Å². The van der Waals surface area contributed by atoms with E-state index in [9.17, 15) is 8.42 Å². The van der Waals surface area contributed by atoms with Gasteiger partial charge in [0.2, 0.25) is 0 Å². The minimum atomic E-state index is -3.65. The molecule has 2 heterocycles. The molecule has 124 valence electrons. The maximum Gasteiger partial charge on any atom is 0.263 e. The Bertz CT molecular complexity index is 799. The zero-order valence-electron chi connectivity index (χ0n) is 13.3. The van der Waals surface area contributed by atoms with Crippen LogP contribution >= 0.6 is 0 Å². The third-order valence-corrected chi connectivity index (χ3v) is 5.41. The first kappa shape index (κ1) is 15.9. The normalized spacial score (nSPS) is 15.0. The molecule has 3 rings (SSSR count). The highest BCUT2D eigenvalue weighted by molar-refractivity contribution is 7.92. The molecule has 0 amide bonds. The van der Waals surface area contributed by atoms with Crippen molar-refractivity contribution < 1.29 is 13.2 Å². The second-order valence-electron chi connectivity index (χ2n) is 5.87. The van der Waals surface area contributed by atoms with Gasteiger partial charge in [0.15, 0.2) is 5.82 Å². The van der Waals surface area contributed by atoms with Gasteiger partial charge >= 0.3 is 0 Å². The minimum Gasteiger partial charge on any atom is -0.493 e. The Hall–Kier alpha value is -2.02. The molecule has 0 saturated heterocycles. The summed E-state index contributed by atoms with van der Waals surface area (Å²) < 4.78 is 32.9. The molecular weight excluding hydrogens is 314 g/mol. The Morgan fingerprint density at radius 2 is 2.22 bits per heavy atom. The number of nitrogens with zero attached hydrogens (tertiary/aromatic N) is 1. The van der Waals surface area contributed by atoms with Crippen LogP contribution in [0.3, 0.4) is 0 Å². The van der Waals surface area contributed by atoms with E-state index in [1.54, 1.807) is 24.3 Å². The van der Waals surface area contributed by atoms with Crippen LogP contribution in [0.1, 0.15) is 43.9 Å². The molecule has 1 aromatic carbocycles. The molecule has 1 aliphatic heterocycles.